The van der Waals surface area contributed by atoms with Crippen molar-refractivity contribution < 1.29 is 19.4 Å². The maximum absolute atomic E-state index is 12.4. The Balaban J connectivity index is 1.90. The van der Waals surface area contributed by atoms with E-state index in [-0.39, 0.29) is 12.3 Å². The number of benzene rings is 2. The fourth-order valence-corrected chi connectivity index (χ4v) is 3.10. The normalized spacial score (nSPS) is 21.4. The molecule has 0 saturated carbocycles. The molecule has 1 atom stereocenters. The summed E-state index contributed by atoms with van der Waals surface area (Å²) < 4.78 is 5.89. The molecule has 23 heavy (non-hydrogen) atoms. The van der Waals surface area contributed by atoms with Crippen LogP contribution in [0.1, 0.15) is 29.2 Å². The van der Waals surface area contributed by atoms with Crippen LogP contribution in [0.25, 0.3) is 11.3 Å². The van der Waals surface area contributed by atoms with Gasteiger partial charge in [0.1, 0.15) is 11.9 Å². The first-order valence-corrected chi connectivity index (χ1v) is 7.28. The van der Waals surface area contributed by atoms with E-state index in [0.717, 1.165) is 22.4 Å². The second kappa shape index (κ2) is 4.98. The summed E-state index contributed by atoms with van der Waals surface area (Å²) in [6.45, 7) is 0. The minimum absolute atomic E-state index is 0.142. The van der Waals surface area contributed by atoms with E-state index in [1.165, 1.54) is 0 Å². The van der Waals surface area contributed by atoms with Crippen molar-refractivity contribution in [2.24, 2.45) is 0 Å². The minimum Gasteiger partial charge on any atom is -0.484 e. The topological polar surface area (TPSA) is 75.6 Å². The van der Waals surface area contributed by atoms with E-state index in [2.05, 4.69) is 5.32 Å². The molecule has 2 aliphatic heterocycles. The van der Waals surface area contributed by atoms with Crippen molar-refractivity contribution >= 4 is 28.9 Å². The first kappa shape index (κ1) is 13.6. The van der Waals surface area contributed by atoms with Gasteiger partial charge in [-0.05, 0) is 6.07 Å². The lowest BCUT2D eigenvalue weighted by molar-refractivity contribution is -0.139. The number of hydrogen-bond acceptors (Lipinski definition) is 3. The quantitative estimate of drug-likeness (QED) is 0.836. The number of anilines is 1. The Kier molecular flexibility index (Phi) is 2.94. The molecule has 2 aromatic rings. The Morgan fingerprint density at radius 3 is 2.57 bits per heavy atom. The van der Waals surface area contributed by atoms with Gasteiger partial charge in [0.25, 0.3) is 5.91 Å². The molecule has 114 valence electrons. The molecule has 0 aromatic heterocycles. The van der Waals surface area contributed by atoms with E-state index in [0.29, 0.717) is 11.3 Å². The first-order valence-electron chi connectivity index (χ1n) is 7.28. The highest BCUT2D eigenvalue weighted by molar-refractivity contribution is 6.36. The summed E-state index contributed by atoms with van der Waals surface area (Å²) in [5.74, 6) is -0.714. The van der Waals surface area contributed by atoms with Crippen LogP contribution in [-0.4, -0.2) is 17.0 Å². The summed E-state index contributed by atoms with van der Waals surface area (Å²) in [6.07, 6.45) is -0.719. The average molecular weight is 307 g/mol. The number of carboxylic acids is 1. The van der Waals surface area contributed by atoms with Crippen molar-refractivity contribution in [3.8, 4) is 0 Å². The van der Waals surface area contributed by atoms with Crippen LogP contribution in [0.5, 0.6) is 0 Å². The lowest BCUT2D eigenvalue weighted by Crippen LogP contribution is -2.07. The van der Waals surface area contributed by atoms with Gasteiger partial charge in [-0.15, -0.1) is 0 Å². The molecular formula is C18H13NO4. The van der Waals surface area contributed by atoms with Gasteiger partial charge in [0.05, 0.1) is 12.0 Å². The summed E-state index contributed by atoms with van der Waals surface area (Å²) in [4.78, 5) is 23.5. The van der Waals surface area contributed by atoms with Crippen molar-refractivity contribution in [1.82, 2.24) is 0 Å². The fourth-order valence-electron chi connectivity index (χ4n) is 3.10. The average Bonchev–Trinajstić information content (AvgIpc) is 3.04. The molecule has 2 heterocycles. The number of ether oxygens (including phenoxy) is 1. The van der Waals surface area contributed by atoms with Crippen LogP contribution in [0.15, 0.2) is 48.5 Å². The molecule has 0 fully saturated rings. The van der Waals surface area contributed by atoms with Gasteiger partial charge < -0.3 is 15.2 Å². The molecule has 5 heteroatoms. The molecular weight excluding hydrogens is 294 g/mol. The van der Waals surface area contributed by atoms with Crippen LogP contribution in [0.3, 0.4) is 0 Å². The maximum Gasteiger partial charge on any atom is 0.307 e. The van der Waals surface area contributed by atoms with E-state index in [9.17, 15) is 9.59 Å². The van der Waals surface area contributed by atoms with Gasteiger partial charge in [0, 0.05) is 22.4 Å². The zero-order valence-electron chi connectivity index (χ0n) is 12.1. The second-order valence-electron chi connectivity index (χ2n) is 5.50. The summed E-state index contributed by atoms with van der Waals surface area (Å²) in [6, 6.07) is 14.8. The Hall–Kier alpha value is -3.08. The van der Waals surface area contributed by atoms with Crippen molar-refractivity contribution in [2.75, 3.05) is 5.32 Å². The van der Waals surface area contributed by atoms with E-state index >= 15 is 0 Å². The smallest absolute Gasteiger partial charge is 0.307 e. The van der Waals surface area contributed by atoms with E-state index in [1.54, 1.807) is 0 Å². The summed E-state index contributed by atoms with van der Waals surface area (Å²) in [5, 5.41) is 11.9. The highest BCUT2D eigenvalue weighted by atomic mass is 16.5. The maximum atomic E-state index is 12.4. The molecule has 0 saturated heterocycles. The molecule has 4 rings (SSSR count). The minimum atomic E-state index is -0.938. The molecule has 0 spiro atoms. The number of hydrogen-bond donors (Lipinski definition) is 2. The zero-order valence-corrected chi connectivity index (χ0v) is 12.1. The SMILES string of the molecule is O=C(O)CC1O/C(=C2\C(=O)Nc3ccccc32)c2ccccc21. The second-order valence-corrected chi connectivity index (χ2v) is 5.50. The fraction of sp³-hybridized carbons (Fsp3) is 0.111. The van der Waals surface area contributed by atoms with Crippen LogP contribution in [-0.2, 0) is 14.3 Å². The van der Waals surface area contributed by atoms with Crippen molar-refractivity contribution in [1.29, 1.82) is 0 Å². The lowest BCUT2D eigenvalue weighted by Gasteiger charge is -2.10. The van der Waals surface area contributed by atoms with Crippen molar-refractivity contribution in [2.45, 2.75) is 12.5 Å². The predicted octanol–water partition coefficient (Wildman–Crippen LogP) is 3.05. The molecule has 0 radical (unpaired) electrons. The van der Waals surface area contributed by atoms with Crippen LogP contribution in [0, 0.1) is 0 Å². The Morgan fingerprint density at radius 1 is 1.09 bits per heavy atom. The predicted molar refractivity (Wildman–Crippen MR) is 84.4 cm³/mol. The molecule has 5 nitrogen and oxygen atoms in total. The van der Waals surface area contributed by atoms with Gasteiger partial charge in [0.15, 0.2) is 0 Å². The molecule has 1 amide bonds. The van der Waals surface area contributed by atoms with Gasteiger partial charge in [-0.2, -0.15) is 0 Å². The summed E-state index contributed by atoms with van der Waals surface area (Å²) >= 11 is 0. The highest BCUT2D eigenvalue weighted by Crippen LogP contribution is 2.46. The number of carboxylic acid groups (broad SMARTS) is 1. The Labute approximate surface area is 132 Å². The molecule has 0 aliphatic carbocycles. The zero-order chi connectivity index (χ0) is 16.0. The molecule has 0 bridgehead atoms. The first-order chi connectivity index (χ1) is 11.1. The number of fused-ring (bicyclic) bond motifs is 2. The molecule has 2 N–H and O–H groups in total. The number of carbonyl (C=O) groups excluding carboxylic acids is 1. The number of aliphatic carboxylic acids is 1. The summed E-state index contributed by atoms with van der Waals surface area (Å²) in [7, 11) is 0. The largest absolute Gasteiger partial charge is 0.484 e. The molecule has 2 aliphatic rings. The standard InChI is InChI=1S/C18H13NO4/c20-15(21)9-14-10-5-1-2-6-11(10)17(23-14)16-12-7-3-4-8-13(12)19-18(16)22/h1-8,14H,9H2,(H,19,22)(H,20,21)/b17-16-. The van der Waals surface area contributed by atoms with Gasteiger partial charge in [-0.25, -0.2) is 0 Å². The lowest BCUT2D eigenvalue weighted by atomic mass is 9.98. The van der Waals surface area contributed by atoms with Gasteiger partial charge in [0.2, 0.25) is 0 Å². The van der Waals surface area contributed by atoms with Crippen LogP contribution < -0.4 is 5.32 Å². The monoisotopic (exact) mass is 307 g/mol. The molecule has 1 unspecified atom stereocenters. The van der Waals surface area contributed by atoms with Crippen LogP contribution in [0.2, 0.25) is 0 Å². The van der Waals surface area contributed by atoms with E-state index in [1.807, 2.05) is 48.5 Å². The van der Waals surface area contributed by atoms with Crippen LogP contribution in [0.4, 0.5) is 5.69 Å². The number of carbonyl (C=O) groups is 2. The number of rotatable bonds is 2. The van der Waals surface area contributed by atoms with Gasteiger partial charge in [-0.1, -0.05) is 42.5 Å². The summed E-state index contributed by atoms with van der Waals surface area (Å²) in [5.41, 5.74) is 3.55. The van der Waals surface area contributed by atoms with Crippen LogP contribution >= 0.6 is 0 Å². The number of amides is 1. The third-order valence-corrected chi connectivity index (χ3v) is 4.07. The van der Waals surface area contributed by atoms with Crippen molar-refractivity contribution in [3.05, 3.63) is 65.2 Å². The number of nitrogens with one attached hydrogen (secondary N) is 1. The third-order valence-electron chi connectivity index (χ3n) is 4.07. The molecule has 2 aromatic carbocycles. The van der Waals surface area contributed by atoms with Gasteiger partial charge >= 0.3 is 5.97 Å². The van der Waals surface area contributed by atoms with Crippen molar-refractivity contribution in [3.63, 3.8) is 0 Å². The van der Waals surface area contributed by atoms with E-state index in [4.69, 9.17) is 9.84 Å². The van der Waals surface area contributed by atoms with E-state index < -0.39 is 12.1 Å². The van der Waals surface area contributed by atoms with Gasteiger partial charge in [-0.3, -0.25) is 9.59 Å². The highest BCUT2D eigenvalue weighted by Gasteiger charge is 2.36. The third kappa shape index (κ3) is 2.09. The number of para-hydroxylation sites is 1. The Morgan fingerprint density at radius 2 is 1.78 bits per heavy atom. The Bertz CT molecular complexity index is 869.